The molecule has 1 aliphatic rings. The fourth-order valence-electron chi connectivity index (χ4n) is 3.62. The van der Waals surface area contributed by atoms with E-state index in [-0.39, 0.29) is 24.1 Å². The first kappa shape index (κ1) is 19.6. The van der Waals surface area contributed by atoms with E-state index >= 15 is 0 Å². The number of amides is 1. The van der Waals surface area contributed by atoms with Gasteiger partial charge in [-0.3, -0.25) is 4.79 Å². The normalized spacial score (nSPS) is 16.9. The molecule has 2 aromatic heterocycles. The van der Waals surface area contributed by atoms with Crippen LogP contribution in [0.1, 0.15) is 67.7 Å². The van der Waals surface area contributed by atoms with Crippen molar-refractivity contribution in [1.82, 2.24) is 24.9 Å². The maximum Gasteiger partial charge on any atom is 0.453 e. The van der Waals surface area contributed by atoms with Crippen molar-refractivity contribution in [3.05, 3.63) is 22.8 Å². The van der Waals surface area contributed by atoms with Crippen LogP contribution in [-0.4, -0.2) is 31.5 Å². The zero-order chi connectivity index (χ0) is 19.6. The lowest BCUT2D eigenvalue weighted by Crippen LogP contribution is -2.36. The maximum atomic E-state index is 12.9. The summed E-state index contributed by atoms with van der Waals surface area (Å²) in [5, 5.41) is 6.59. The number of hydrogen-bond donors (Lipinski definition) is 1. The van der Waals surface area contributed by atoms with E-state index in [4.69, 9.17) is 0 Å². The molecule has 6 nitrogen and oxygen atoms in total. The van der Waals surface area contributed by atoms with Gasteiger partial charge in [0.2, 0.25) is 5.91 Å². The summed E-state index contributed by atoms with van der Waals surface area (Å²) in [6, 6.07) is 0.165. The number of fused-ring (bicyclic) bond motifs is 1. The van der Waals surface area contributed by atoms with Gasteiger partial charge >= 0.3 is 6.18 Å². The summed E-state index contributed by atoms with van der Waals surface area (Å²) in [6.07, 6.45) is 3.23. The summed E-state index contributed by atoms with van der Waals surface area (Å²) in [7, 11) is 0. The third-order valence-electron chi connectivity index (χ3n) is 5.11. The lowest BCUT2D eigenvalue weighted by molar-refractivity contribution is -0.144. The molecular formula is C18H24F3N5O. The van der Waals surface area contributed by atoms with Crippen molar-refractivity contribution >= 4 is 11.7 Å². The van der Waals surface area contributed by atoms with Gasteiger partial charge in [0, 0.05) is 23.0 Å². The van der Waals surface area contributed by atoms with Crippen molar-refractivity contribution in [1.29, 1.82) is 0 Å². The summed E-state index contributed by atoms with van der Waals surface area (Å²) in [5.41, 5.74) is 1.53. The van der Waals surface area contributed by atoms with Crippen LogP contribution in [0, 0.1) is 13.8 Å². The molecule has 27 heavy (non-hydrogen) atoms. The molecule has 2 aromatic rings. The minimum Gasteiger partial charge on any atom is -0.353 e. The van der Waals surface area contributed by atoms with Crippen LogP contribution in [0.5, 0.6) is 0 Å². The lowest BCUT2D eigenvalue weighted by Gasteiger charge is -2.21. The molecule has 0 atom stereocenters. The summed E-state index contributed by atoms with van der Waals surface area (Å²) in [5.74, 6) is -1.47. The highest BCUT2D eigenvalue weighted by atomic mass is 19.4. The SMILES string of the molecule is Cc1nc2nc(C(F)(F)F)nn2c(C)c1CC(=O)NC1CCCCCCC1. The zero-order valence-corrected chi connectivity index (χ0v) is 15.6. The van der Waals surface area contributed by atoms with Gasteiger partial charge in [-0.2, -0.15) is 18.2 Å². The van der Waals surface area contributed by atoms with Crippen LogP contribution in [0.25, 0.3) is 5.78 Å². The second-order valence-electron chi connectivity index (χ2n) is 7.19. The number of rotatable bonds is 3. The lowest BCUT2D eigenvalue weighted by atomic mass is 9.96. The average Bonchev–Trinajstić information content (AvgIpc) is 2.98. The predicted molar refractivity (Wildman–Crippen MR) is 93.2 cm³/mol. The molecular weight excluding hydrogens is 359 g/mol. The molecule has 1 aliphatic carbocycles. The Morgan fingerprint density at radius 3 is 2.37 bits per heavy atom. The van der Waals surface area contributed by atoms with Gasteiger partial charge in [0.15, 0.2) is 0 Å². The number of alkyl halides is 3. The number of carbonyl (C=O) groups excluding carboxylic acids is 1. The third-order valence-corrected chi connectivity index (χ3v) is 5.11. The molecule has 0 aromatic carbocycles. The van der Waals surface area contributed by atoms with Crippen molar-refractivity contribution in [3.8, 4) is 0 Å². The first-order chi connectivity index (χ1) is 12.8. The van der Waals surface area contributed by atoms with Gasteiger partial charge in [-0.05, 0) is 26.7 Å². The molecule has 148 valence electrons. The quantitative estimate of drug-likeness (QED) is 0.880. The Morgan fingerprint density at radius 1 is 1.11 bits per heavy atom. The van der Waals surface area contributed by atoms with Crippen molar-refractivity contribution < 1.29 is 18.0 Å². The van der Waals surface area contributed by atoms with Gasteiger partial charge in [0.05, 0.1) is 6.42 Å². The Labute approximate surface area is 155 Å². The topological polar surface area (TPSA) is 72.2 Å². The van der Waals surface area contributed by atoms with Crippen molar-refractivity contribution in [2.24, 2.45) is 0 Å². The van der Waals surface area contributed by atoms with Gasteiger partial charge < -0.3 is 5.32 Å². The Hall–Kier alpha value is -2.19. The molecule has 0 spiro atoms. The summed E-state index contributed by atoms with van der Waals surface area (Å²) in [6.45, 7) is 3.31. The minimum atomic E-state index is -4.64. The molecule has 0 bridgehead atoms. The third kappa shape index (κ3) is 4.56. The predicted octanol–water partition coefficient (Wildman–Crippen LogP) is 3.53. The first-order valence-corrected chi connectivity index (χ1v) is 9.35. The number of aryl methyl sites for hydroxylation is 2. The second-order valence-corrected chi connectivity index (χ2v) is 7.19. The van der Waals surface area contributed by atoms with Crippen molar-refractivity contribution in [3.63, 3.8) is 0 Å². The molecule has 0 radical (unpaired) electrons. The summed E-state index contributed by atoms with van der Waals surface area (Å²) < 4.78 is 39.6. The maximum absolute atomic E-state index is 12.9. The number of nitrogens with one attached hydrogen (secondary N) is 1. The molecule has 0 unspecified atom stereocenters. The monoisotopic (exact) mass is 383 g/mol. The van der Waals surface area contributed by atoms with Crippen LogP contribution in [0.4, 0.5) is 13.2 Å². The largest absolute Gasteiger partial charge is 0.453 e. The average molecular weight is 383 g/mol. The van der Waals surface area contributed by atoms with E-state index in [9.17, 15) is 18.0 Å². The van der Waals surface area contributed by atoms with Gasteiger partial charge in [-0.1, -0.05) is 32.1 Å². The zero-order valence-electron chi connectivity index (χ0n) is 15.6. The van der Waals surface area contributed by atoms with Gasteiger partial charge in [0.1, 0.15) is 0 Å². The number of nitrogens with zero attached hydrogens (tertiary/aromatic N) is 4. The van der Waals surface area contributed by atoms with E-state index in [1.54, 1.807) is 13.8 Å². The molecule has 1 saturated carbocycles. The van der Waals surface area contributed by atoms with Crippen LogP contribution in [0.3, 0.4) is 0 Å². The fourth-order valence-corrected chi connectivity index (χ4v) is 3.62. The van der Waals surface area contributed by atoms with Crippen LogP contribution < -0.4 is 5.32 Å². The minimum absolute atomic E-state index is 0.0678. The van der Waals surface area contributed by atoms with E-state index in [1.165, 1.54) is 19.3 Å². The van der Waals surface area contributed by atoms with Gasteiger partial charge in [-0.15, -0.1) is 5.10 Å². The number of halogens is 3. The first-order valence-electron chi connectivity index (χ1n) is 9.35. The summed E-state index contributed by atoms with van der Waals surface area (Å²) >= 11 is 0. The van der Waals surface area contributed by atoms with Crippen LogP contribution >= 0.6 is 0 Å². The standard InChI is InChI=1S/C18H24F3N5O/c1-11-14(10-15(27)23-13-8-6-4-3-5-7-9-13)12(2)26-17(22-11)24-16(25-26)18(19,20)21/h13H,3-10H2,1-2H3,(H,23,27). The van der Waals surface area contributed by atoms with E-state index in [0.717, 1.165) is 30.2 Å². The highest BCUT2D eigenvalue weighted by Gasteiger charge is 2.37. The number of aromatic nitrogens is 4. The molecule has 2 heterocycles. The highest BCUT2D eigenvalue weighted by molar-refractivity contribution is 5.79. The van der Waals surface area contributed by atoms with E-state index in [2.05, 4.69) is 20.4 Å². The summed E-state index contributed by atoms with van der Waals surface area (Å²) in [4.78, 5) is 20.1. The molecule has 9 heteroatoms. The van der Waals surface area contributed by atoms with Crippen LogP contribution in [0.2, 0.25) is 0 Å². The Balaban J connectivity index is 1.78. The van der Waals surface area contributed by atoms with Crippen LogP contribution in [0.15, 0.2) is 0 Å². The molecule has 0 aliphatic heterocycles. The van der Waals surface area contributed by atoms with Crippen LogP contribution in [-0.2, 0) is 17.4 Å². The second kappa shape index (κ2) is 7.82. The molecule has 1 fully saturated rings. The van der Waals surface area contributed by atoms with E-state index in [0.29, 0.717) is 17.0 Å². The fraction of sp³-hybridized carbons (Fsp3) is 0.667. The number of carbonyl (C=O) groups is 1. The molecule has 1 N–H and O–H groups in total. The highest BCUT2D eigenvalue weighted by Crippen LogP contribution is 2.27. The smallest absolute Gasteiger partial charge is 0.353 e. The Bertz CT molecular complexity index is 822. The number of hydrogen-bond acceptors (Lipinski definition) is 4. The van der Waals surface area contributed by atoms with E-state index in [1.807, 2.05) is 0 Å². The molecule has 3 rings (SSSR count). The van der Waals surface area contributed by atoms with Gasteiger partial charge in [-0.25, -0.2) is 9.50 Å². The molecule has 1 amide bonds. The Kier molecular flexibility index (Phi) is 5.67. The van der Waals surface area contributed by atoms with E-state index < -0.39 is 12.0 Å². The Morgan fingerprint density at radius 2 is 1.74 bits per heavy atom. The van der Waals surface area contributed by atoms with Crippen molar-refractivity contribution in [2.45, 2.75) is 77.4 Å². The molecule has 0 saturated heterocycles. The van der Waals surface area contributed by atoms with Crippen molar-refractivity contribution in [2.75, 3.05) is 0 Å². The van der Waals surface area contributed by atoms with Gasteiger partial charge in [0.25, 0.3) is 11.6 Å².